The van der Waals surface area contributed by atoms with Crippen LogP contribution < -0.4 is 26.2 Å². The first-order valence-electron chi connectivity index (χ1n) is 12.5. The lowest BCUT2D eigenvalue weighted by atomic mass is 9.89. The maximum Gasteiger partial charge on any atom is 0.320 e. The lowest BCUT2D eigenvalue weighted by Crippen LogP contribution is -2.58. The molecule has 0 aliphatic carbocycles. The van der Waals surface area contributed by atoms with Crippen LogP contribution in [0.15, 0.2) is 24.5 Å². The van der Waals surface area contributed by atoms with Crippen molar-refractivity contribution >= 4 is 35.1 Å². The number of hydrogen-bond acceptors (Lipinski definition) is 9. The molecule has 4 N–H and O–H groups in total. The molecule has 36 heavy (non-hydrogen) atoms. The molecule has 0 radical (unpaired) electrons. The van der Waals surface area contributed by atoms with Gasteiger partial charge in [-0.2, -0.15) is 0 Å². The maximum atomic E-state index is 12.7. The molecule has 3 amide bonds. The predicted octanol–water partition coefficient (Wildman–Crippen LogP) is 0.850. The van der Waals surface area contributed by atoms with Crippen LogP contribution in [0.1, 0.15) is 30.3 Å². The molecule has 5 rings (SSSR count). The number of nitrogens with zero attached hydrogens (tertiary/aromatic N) is 7. The van der Waals surface area contributed by atoms with E-state index in [1.807, 2.05) is 24.1 Å². The number of piperidine rings is 1. The molecule has 0 unspecified atom stereocenters. The molecule has 0 saturated carbocycles. The van der Waals surface area contributed by atoms with E-state index in [4.69, 9.17) is 10.7 Å². The van der Waals surface area contributed by atoms with Gasteiger partial charge < -0.3 is 36.0 Å². The Morgan fingerprint density at radius 1 is 1.06 bits per heavy atom. The minimum atomic E-state index is -0.656. The fraction of sp³-hybridized carbons (Fsp3) is 0.542. The van der Waals surface area contributed by atoms with Gasteiger partial charge in [0.2, 0.25) is 0 Å². The normalized spacial score (nSPS) is 22.8. The van der Waals surface area contributed by atoms with Crippen LogP contribution in [-0.4, -0.2) is 102 Å². The zero-order valence-electron chi connectivity index (χ0n) is 20.9. The largest absolute Gasteiger partial charge is 0.364 e. The van der Waals surface area contributed by atoms with Crippen LogP contribution in [0, 0.1) is 0 Å². The molecule has 2 aromatic heterocycles. The van der Waals surface area contributed by atoms with Crippen molar-refractivity contribution in [1.29, 1.82) is 0 Å². The van der Waals surface area contributed by atoms with Crippen LogP contribution in [0.5, 0.6) is 0 Å². The second-order valence-electron chi connectivity index (χ2n) is 9.93. The number of primary amides is 1. The van der Waals surface area contributed by atoms with E-state index in [0.29, 0.717) is 23.9 Å². The Kier molecular flexibility index (Phi) is 6.52. The third-order valence-corrected chi connectivity index (χ3v) is 7.31. The van der Waals surface area contributed by atoms with E-state index in [0.717, 1.165) is 64.5 Å². The molecule has 2 aromatic rings. The predicted molar refractivity (Wildman–Crippen MR) is 138 cm³/mol. The number of hydrogen-bond donors (Lipinski definition) is 3. The molecule has 12 nitrogen and oxygen atoms in total. The summed E-state index contributed by atoms with van der Waals surface area (Å²) in [5.74, 6) is 1.18. The Labute approximate surface area is 210 Å². The first-order valence-corrected chi connectivity index (χ1v) is 12.5. The third kappa shape index (κ3) is 4.72. The molecular weight excluding hydrogens is 460 g/mol. The van der Waals surface area contributed by atoms with Crippen LogP contribution in [0.2, 0.25) is 0 Å². The van der Waals surface area contributed by atoms with Crippen LogP contribution in [0.3, 0.4) is 0 Å². The van der Waals surface area contributed by atoms with Crippen molar-refractivity contribution in [2.24, 2.45) is 5.73 Å². The van der Waals surface area contributed by atoms with E-state index in [1.165, 1.54) is 0 Å². The average Bonchev–Trinajstić information content (AvgIpc) is 3.23. The third-order valence-electron chi connectivity index (χ3n) is 7.31. The molecular formula is C24H34N10O2. The maximum absolute atomic E-state index is 12.7. The number of rotatable bonds is 6. The van der Waals surface area contributed by atoms with Crippen molar-refractivity contribution in [3.8, 4) is 0 Å². The highest BCUT2D eigenvalue weighted by Crippen LogP contribution is 2.32. The number of anilines is 4. The topological polar surface area (TPSA) is 136 Å². The number of aromatic nitrogens is 3. The van der Waals surface area contributed by atoms with Gasteiger partial charge in [0.05, 0.1) is 23.6 Å². The Bertz CT molecular complexity index is 1120. The van der Waals surface area contributed by atoms with E-state index in [-0.39, 0.29) is 17.3 Å². The standard InChI is InChI=1S/C24H34N10O2/c1-24(34-13-12-31(2)23(34)36)6-3-9-33(16-24)19-15-28-20(21(25)35)22(30-19)29-17-4-5-18(27-14-17)32-10-7-26-8-11-32/h4-5,14-15,26H,3,6-13,16H2,1-2H3,(H2,25,35)(H,29,30)/t24-/m0/s1. The van der Waals surface area contributed by atoms with Gasteiger partial charge in [0, 0.05) is 59.4 Å². The summed E-state index contributed by atoms with van der Waals surface area (Å²) in [6.07, 6.45) is 5.15. The molecule has 0 aromatic carbocycles. The second-order valence-corrected chi connectivity index (χ2v) is 9.93. The van der Waals surface area contributed by atoms with Gasteiger partial charge >= 0.3 is 6.03 Å². The van der Waals surface area contributed by atoms with Crippen molar-refractivity contribution in [2.45, 2.75) is 25.3 Å². The number of likely N-dealkylation sites (N-methyl/N-ethyl adjacent to an activating group) is 1. The zero-order valence-corrected chi connectivity index (χ0v) is 20.9. The number of carbonyl (C=O) groups excluding carboxylic acids is 2. The molecule has 3 aliphatic rings. The van der Waals surface area contributed by atoms with E-state index in [1.54, 1.807) is 17.3 Å². The highest BCUT2D eigenvalue weighted by atomic mass is 16.2. The summed E-state index contributed by atoms with van der Waals surface area (Å²) in [4.78, 5) is 46.5. The fourth-order valence-corrected chi connectivity index (χ4v) is 5.26. The van der Waals surface area contributed by atoms with Crippen LogP contribution in [0.25, 0.3) is 0 Å². The molecule has 3 saturated heterocycles. The van der Waals surface area contributed by atoms with E-state index >= 15 is 0 Å². The summed E-state index contributed by atoms with van der Waals surface area (Å²) in [5.41, 5.74) is 6.06. The summed E-state index contributed by atoms with van der Waals surface area (Å²) in [6.45, 7) is 8.70. The lowest BCUT2D eigenvalue weighted by Gasteiger charge is -2.46. The van der Waals surface area contributed by atoms with E-state index in [9.17, 15) is 9.59 Å². The van der Waals surface area contributed by atoms with Crippen LogP contribution in [-0.2, 0) is 0 Å². The summed E-state index contributed by atoms with van der Waals surface area (Å²) in [6, 6.07) is 3.93. The summed E-state index contributed by atoms with van der Waals surface area (Å²) in [5, 5.41) is 6.52. The SMILES string of the molecule is CN1CCN([C@@]2(C)CCCN(c3cnc(C(N)=O)c(Nc4ccc(N5CCNCC5)nc4)n3)C2)C1=O. The number of pyridine rings is 1. The molecule has 5 heterocycles. The summed E-state index contributed by atoms with van der Waals surface area (Å²) < 4.78 is 0. The molecule has 1 atom stereocenters. The first-order chi connectivity index (χ1) is 17.3. The monoisotopic (exact) mass is 494 g/mol. The Morgan fingerprint density at radius 3 is 2.53 bits per heavy atom. The van der Waals surface area contributed by atoms with Crippen molar-refractivity contribution in [1.82, 2.24) is 30.1 Å². The van der Waals surface area contributed by atoms with Gasteiger partial charge in [-0.25, -0.2) is 19.7 Å². The fourth-order valence-electron chi connectivity index (χ4n) is 5.26. The van der Waals surface area contributed by atoms with Gasteiger partial charge in [-0.15, -0.1) is 0 Å². The van der Waals surface area contributed by atoms with Gasteiger partial charge in [-0.3, -0.25) is 4.79 Å². The van der Waals surface area contributed by atoms with Crippen molar-refractivity contribution in [2.75, 3.05) is 74.5 Å². The molecule has 3 fully saturated rings. The molecule has 3 aliphatic heterocycles. The highest BCUT2D eigenvalue weighted by Gasteiger charge is 2.43. The molecule has 0 spiro atoms. The Hall–Kier alpha value is -3.67. The molecule has 192 valence electrons. The zero-order chi connectivity index (χ0) is 25.3. The van der Waals surface area contributed by atoms with Crippen molar-refractivity contribution in [3.05, 3.63) is 30.2 Å². The second kappa shape index (κ2) is 9.76. The van der Waals surface area contributed by atoms with Gasteiger partial charge in [-0.1, -0.05) is 0 Å². The Balaban J connectivity index is 1.36. The minimum Gasteiger partial charge on any atom is -0.364 e. The number of carbonyl (C=O) groups is 2. The van der Waals surface area contributed by atoms with Gasteiger partial charge in [0.25, 0.3) is 5.91 Å². The summed E-state index contributed by atoms with van der Waals surface area (Å²) in [7, 11) is 1.84. The number of amides is 3. The number of piperazine rings is 1. The molecule has 12 heteroatoms. The first kappa shape index (κ1) is 24.0. The Morgan fingerprint density at radius 2 is 1.86 bits per heavy atom. The molecule has 0 bridgehead atoms. The average molecular weight is 495 g/mol. The van der Waals surface area contributed by atoms with Crippen molar-refractivity contribution < 1.29 is 9.59 Å². The lowest BCUT2D eigenvalue weighted by molar-refractivity contribution is 0.0995. The highest BCUT2D eigenvalue weighted by molar-refractivity contribution is 5.96. The van der Waals surface area contributed by atoms with Crippen LogP contribution >= 0.6 is 0 Å². The minimum absolute atomic E-state index is 0.0635. The van der Waals surface area contributed by atoms with E-state index in [2.05, 4.69) is 37.3 Å². The van der Waals surface area contributed by atoms with Gasteiger partial charge in [-0.05, 0) is 31.9 Å². The van der Waals surface area contributed by atoms with E-state index < -0.39 is 5.91 Å². The smallest absolute Gasteiger partial charge is 0.320 e. The quantitative estimate of drug-likeness (QED) is 0.534. The van der Waals surface area contributed by atoms with Crippen LogP contribution in [0.4, 0.5) is 27.9 Å². The summed E-state index contributed by atoms with van der Waals surface area (Å²) >= 11 is 0. The number of urea groups is 1. The van der Waals surface area contributed by atoms with Crippen molar-refractivity contribution in [3.63, 3.8) is 0 Å². The number of nitrogens with one attached hydrogen (secondary N) is 2. The van der Waals surface area contributed by atoms with Gasteiger partial charge in [0.1, 0.15) is 11.6 Å². The van der Waals surface area contributed by atoms with Gasteiger partial charge in [0.15, 0.2) is 11.5 Å². The number of nitrogens with two attached hydrogens (primary N) is 1.